The van der Waals surface area contributed by atoms with Gasteiger partial charge in [0.25, 0.3) is 5.91 Å². The summed E-state index contributed by atoms with van der Waals surface area (Å²) in [6, 6.07) is 1.19. The fourth-order valence-corrected chi connectivity index (χ4v) is 1.74. The van der Waals surface area contributed by atoms with Gasteiger partial charge in [0, 0.05) is 20.3 Å². The smallest absolute Gasteiger partial charge is 0.358 e. The van der Waals surface area contributed by atoms with Gasteiger partial charge in [0.2, 0.25) is 5.91 Å². The molecule has 0 saturated heterocycles. The lowest BCUT2D eigenvalue weighted by Gasteiger charge is -2.03. The Morgan fingerprint density at radius 3 is 2.73 bits per heavy atom. The topological polar surface area (TPSA) is 137 Å². The lowest BCUT2D eigenvalue weighted by Crippen LogP contribution is -2.23. The van der Waals surface area contributed by atoms with Crippen molar-refractivity contribution >= 4 is 23.3 Å². The molecule has 11 heteroatoms. The predicted molar refractivity (Wildman–Crippen MR) is 74.1 cm³/mol. The average Bonchev–Trinajstić information content (AvgIpc) is 3.05. The maximum absolute atomic E-state index is 11.9. The molecule has 2 rings (SSSR count). The molecule has 11 nitrogen and oxygen atoms in total. The van der Waals surface area contributed by atoms with E-state index in [9.17, 15) is 19.7 Å². The van der Waals surface area contributed by atoms with Gasteiger partial charge in [0.15, 0.2) is 5.69 Å². The van der Waals surface area contributed by atoms with E-state index in [4.69, 9.17) is 0 Å². The van der Waals surface area contributed by atoms with Crippen LogP contribution < -0.4 is 10.6 Å². The Kier molecular flexibility index (Phi) is 4.15. The highest BCUT2D eigenvalue weighted by Gasteiger charge is 2.18. The summed E-state index contributed by atoms with van der Waals surface area (Å²) in [5.41, 5.74) is 0.318. The number of rotatable bonds is 5. The number of hydrogen-bond acceptors (Lipinski definition) is 6. The molecule has 0 aromatic carbocycles. The first-order chi connectivity index (χ1) is 10.4. The second kappa shape index (κ2) is 6.03. The molecule has 2 aromatic heterocycles. The van der Waals surface area contributed by atoms with Gasteiger partial charge in [0.05, 0.1) is 23.0 Å². The molecule has 0 bridgehead atoms. The molecular weight excluding hydrogens is 294 g/mol. The third kappa shape index (κ3) is 3.26. The maximum Gasteiger partial charge on any atom is 0.389 e. The number of anilines is 1. The molecule has 0 aliphatic rings. The first-order valence-corrected chi connectivity index (χ1v) is 6.14. The van der Waals surface area contributed by atoms with Crippen LogP contribution in [0.1, 0.15) is 10.5 Å². The number of amides is 2. The molecule has 0 saturated carbocycles. The number of carbonyl (C=O) groups excluding carboxylic acids is 2. The first-order valence-electron chi connectivity index (χ1n) is 6.14. The normalized spacial score (nSPS) is 10.3. The SMILES string of the molecule is CNC(=O)c1nn(C)cc1NC(=O)Cn1ccc([N+](=O)[O-])n1. The molecule has 116 valence electrons. The Balaban J connectivity index is 2.08. The summed E-state index contributed by atoms with van der Waals surface area (Å²) in [4.78, 5) is 33.4. The minimum absolute atomic E-state index is 0.0739. The van der Waals surface area contributed by atoms with Crippen molar-refractivity contribution in [1.29, 1.82) is 0 Å². The molecule has 0 fully saturated rings. The summed E-state index contributed by atoms with van der Waals surface area (Å²) in [6.45, 7) is -0.226. The number of aryl methyl sites for hydroxylation is 1. The van der Waals surface area contributed by atoms with Crippen LogP contribution in [0, 0.1) is 10.1 Å². The Labute approximate surface area is 124 Å². The predicted octanol–water partition coefficient (Wildman–Crippen LogP) is -0.477. The van der Waals surface area contributed by atoms with Crippen LogP contribution in [0.3, 0.4) is 0 Å². The van der Waals surface area contributed by atoms with E-state index in [1.54, 1.807) is 7.05 Å². The Bertz CT molecular complexity index is 733. The van der Waals surface area contributed by atoms with Gasteiger partial charge < -0.3 is 20.7 Å². The summed E-state index contributed by atoms with van der Waals surface area (Å²) >= 11 is 0. The Hall–Kier alpha value is -3.24. The average molecular weight is 307 g/mol. The van der Waals surface area contributed by atoms with Crippen LogP contribution in [0.5, 0.6) is 0 Å². The quantitative estimate of drug-likeness (QED) is 0.565. The first kappa shape index (κ1) is 15.2. The van der Waals surface area contributed by atoms with Gasteiger partial charge in [-0.15, -0.1) is 0 Å². The van der Waals surface area contributed by atoms with Gasteiger partial charge in [0.1, 0.15) is 6.54 Å². The van der Waals surface area contributed by atoms with Crippen LogP contribution in [0.25, 0.3) is 0 Å². The van der Waals surface area contributed by atoms with Crippen LogP contribution >= 0.6 is 0 Å². The van der Waals surface area contributed by atoms with Gasteiger partial charge >= 0.3 is 5.82 Å². The number of nitrogens with zero attached hydrogens (tertiary/aromatic N) is 5. The summed E-state index contributed by atoms with van der Waals surface area (Å²) < 4.78 is 2.52. The van der Waals surface area contributed by atoms with E-state index >= 15 is 0 Å². The van der Waals surface area contributed by atoms with Crippen molar-refractivity contribution in [3.8, 4) is 0 Å². The molecule has 0 aliphatic heterocycles. The maximum atomic E-state index is 11.9. The van der Waals surface area contributed by atoms with Crippen molar-refractivity contribution in [3.05, 3.63) is 34.3 Å². The third-order valence-electron chi connectivity index (χ3n) is 2.66. The highest BCUT2D eigenvalue weighted by Crippen LogP contribution is 2.13. The van der Waals surface area contributed by atoms with Crippen LogP contribution in [-0.4, -0.2) is 43.3 Å². The minimum Gasteiger partial charge on any atom is -0.358 e. The Morgan fingerprint density at radius 2 is 2.14 bits per heavy atom. The molecular formula is C11H13N7O4. The van der Waals surface area contributed by atoms with E-state index in [0.717, 1.165) is 4.68 Å². The monoisotopic (exact) mass is 307 g/mol. The molecule has 2 aromatic rings. The summed E-state index contributed by atoms with van der Waals surface area (Å²) in [5.74, 6) is -1.28. The van der Waals surface area contributed by atoms with Crippen LogP contribution in [-0.2, 0) is 18.4 Å². The van der Waals surface area contributed by atoms with Crippen molar-refractivity contribution in [1.82, 2.24) is 24.9 Å². The third-order valence-corrected chi connectivity index (χ3v) is 2.66. The second-order valence-electron chi connectivity index (χ2n) is 4.32. The van der Waals surface area contributed by atoms with Gasteiger partial charge in [-0.1, -0.05) is 0 Å². The minimum atomic E-state index is -0.654. The van der Waals surface area contributed by atoms with E-state index in [0.29, 0.717) is 0 Å². The number of nitro groups is 1. The van der Waals surface area contributed by atoms with E-state index in [1.807, 2.05) is 0 Å². The van der Waals surface area contributed by atoms with Crippen molar-refractivity contribution in [2.75, 3.05) is 12.4 Å². The summed E-state index contributed by atoms with van der Waals surface area (Å²) in [6.07, 6.45) is 2.80. The molecule has 2 heterocycles. The fourth-order valence-electron chi connectivity index (χ4n) is 1.74. The fraction of sp³-hybridized carbons (Fsp3) is 0.273. The second-order valence-corrected chi connectivity index (χ2v) is 4.32. The van der Waals surface area contributed by atoms with E-state index in [2.05, 4.69) is 20.8 Å². The molecule has 0 unspecified atom stereocenters. The highest BCUT2D eigenvalue weighted by molar-refractivity contribution is 6.01. The Morgan fingerprint density at radius 1 is 1.41 bits per heavy atom. The zero-order valence-corrected chi connectivity index (χ0v) is 11.8. The lowest BCUT2D eigenvalue weighted by molar-refractivity contribution is -0.389. The molecule has 0 radical (unpaired) electrons. The van der Waals surface area contributed by atoms with E-state index in [1.165, 1.54) is 30.2 Å². The van der Waals surface area contributed by atoms with Gasteiger partial charge in [-0.2, -0.15) is 9.78 Å². The molecule has 2 amide bonds. The van der Waals surface area contributed by atoms with E-state index < -0.39 is 16.7 Å². The summed E-state index contributed by atoms with van der Waals surface area (Å²) in [7, 11) is 3.06. The van der Waals surface area contributed by atoms with Gasteiger partial charge in [-0.25, -0.2) is 0 Å². The molecule has 0 atom stereocenters. The zero-order chi connectivity index (χ0) is 16.3. The standard InChI is InChI=1S/C11H13N7O4/c1-12-11(20)10-7(5-16(2)15-10)13-9(19)6-17-4-3-8(14-17)18(21)22/h3-5H,6H2,1-2H3,(H,12,20)(H,13,19). The van der Waals surface area contributed by atoms with Crippen molar-refractivity contribution in [3.63, 3.8) is 0 Å². The molecule has 22 heavy (non-hydrogen) atoms. The largest absolute Gasteiger partial charge is 0.389 e. The van der Waals surface area contributed by atoms with Gasteiger partial charge in [-0.3, -0.25) is 14.3 Å². The molecule has 0 aliphatic carbocycles. The van der Waals surface area contributed by atoms with Gasteiger partial charge in [-0.05, 0) is 4.92 Å². The van der Waals surface area contributed by atoms with E-state index in [-0.39, 0.29) is 23.7 Å². The number of carbonyl (C=O) groups is 2. The lowest BCUT2D eigenvalue weighted by atomic mass is 10.3. The number of nitrogens with one attached hydrogen (secondary N) is 2. The summed E-state index contributed by atoms with van der Waals surface area (Å²) in [5, 5.41) is 23.0. The van der Waals surface area contributed by atoms with Crippen molar-refractivity contribution in [2.45, 2.75) is 6.54 Å². The molecule has 2 N–H and O–H groups in total. The molecule has 0 spiro atoms. The van der Waals surface area contributed by atoms with Crippen molar-refractivity contribution in [2.24, 2.45) is 7.05 Å². The zero-order valence-electron chi connectivity index (χ0n) is 11.8. The van der Waals surface area contributed by atoms with Crippen LogP contribution in [0.4, 0.5) is 11.5 Å². The van der Waals surface area contributed by atoms with Crippen molar-refractivity contribution < 1.29 is 14.5 Å². The van der Waals surface area contributed by atoms with Crippen LogP contribution in [0.15, 0.2) is 18.5 Å². The number of aromatic nitrogens is 4. The highest BCUT2D eigenvalue weighted by atomic mass is 16.6. The number of hydrogen-bond donors (Lipinski definition) is 2. The van der Waals surface area contributed by atoms with Crippen LogP contribution in [0.2, 0.25) is 0 Å².